The summed E-state index contributed by atoms with van der Waals surface area (Å²) in [5.74, 6) is -1.37. The second-order valence-corrected chi connectivity index (χ2v) is 6.74. The fourth-order valence-electron chi connectivity index (χ4n) is 2.61. The van der Waals surface area contributed by atoms with Gasteiger partial charge in [-0.15, -0.1) is 0 Å². The highest BCUT2D eigenvalue weighted by Gasteiger charge is 2.10. The van der Waals surface area contributed by atoms with Gasteiger partial charge in [-0.1, -0.05) is 25.1 Å². The van der Waals surface area contributed by atoms with E-state index in [0.29, 0.717) is 17.9 Å². The van der Waals surface area contributed by atoms with Crippen LogP contribution in [0.3, 0.4) is 0 Å². The second-order valence-electron chi connectivity index (χ2n) is 6.74. The first-order chi connectivity index (χ1) is 14.4. The molecule has 0 heterocycles. The predicted octanol–water partition coefficient (Wildman–Crippen LogP) is 2.30. The maximum absolute atomic E-state index is 12.1. The van der Waals surface area contributed by atoms with Crippen LogP contribution >= 0.6 is 0 Å². The predicted molar refractivity (Wildman–Crippen MR) is 116 cm³/mol. The van der Waals surface area contributed by atoms with Gasteiger partial charge in [0, 0.05) is 12.2 Å². The normalized spacial score (nSPS) is 10.5. The van der Waals surface area contributed by atoms with Gasteiger partial charge >= 0.3 is 11.8 Å². The van der Waals surface area contributed by atoms with Gasteiger partial charge in [0.1, 0.15) is 5.75 Å². The van der Waals surface area contributed by atoms with E-state index in [4.69, 9.17) is 4.74 Å². The molecule has 2 aromatic carbocycles. The minimum Gasteiger partial charge on any atom is -0.484 e. The molecule has 158 valence electrons. The van der Waals surface area contributed by atoms with E-state index < -0.39 is 11.8 Å². The summed E-state index contributed by atoms with van der Waals surface area (Å²) in [7, 11) is 0. The second kappa shape index (κ2) is 11.4. The molecule has 3 amide bonds. The molecule has 0 aliphatic heterocycles. The number of carbonyl (C=O) groups excluding carboxylic acids is 3. The van der Waals surface area contributed by atoms with Crippen LogP contribution in [0, 0.1) is 13.8 Å². The molecule has 0 atom stereocenters. The van der Waals surface area contributed by atoms with Crippen molar-refractivity contribution in [1.82, 2.24) is 10.7 Å². The monoisotopic (exact) mass is 410 g/mol. The number of ether oxygens (including phenoxy) is 1. The molecule has 0 aliphatic rings. The lowest BCUT2D eigenvalue weighted by atomic mass is 10.1. The zero-order valence-corrected chi connectivity index (χ0v) is 17.3. The maximum Gasteiger partial charge on any atom is 0.329 e. The minimum absolute atomic E-state index is 0.151. The molecule has 0 aromatic heterocycles. The van der Waals surface area contributed by atoms with E-state index in [2.05, 4.69) is 21.2 Å². The van der Waals surface area contributed by atoms with Crippen LogP contribution in [0.4, 0.5) is 5.69 Å². The van der Waals surface area contributed by atoms with Crippen molar-refractivity contribution < 1.29 is 19.1 Å². The molecule has 0 saturated heterocycles. The van der Waals surface area contributed by atoms with E-state index in [1.165, 1.54) is 6.21 Å². The Bertz CT molecular complexity index is 920. The van der Waals surface area contributed by atoms with Gasteiger partial charge in [-0.05, 0) is 61.2 Å². The standard InChI is InChI=1S/C22H26N4O4/c1-4-8-23-21(28)22(29)26-24-13-17-6-5-7-19(12-17)30-14-20(27)25-18-10-15(2)9-16(3)11-18/h5-7,9-13H,4,8,14H2,1-3H3,(H,23,28)(H,25,27)(H,26,29)/b24-13-. The Balaban J connectivity index is 1.85. The Kier molecular flexibility index (Phi) is 8.56. The largest absolute Gasteiger partial charge is 0.484 e. The van der Waals surface area contributed by atoms with Crippen LogP contribution in [-0.4, -0.2) is 37.1 Å². The first kappa shape index (κ1) is 22.6. The fourth-order valence-corrected chi connectivity index (χ4v) is 2.61. The summed E-state index contributed by atoms with van der Waals surface area (Å²) in [5, 5.41) is 9.02. The maximum atomic E-state index is 12.1. The molecule has 8 nitrogen and oxygen atoms in total. The average Bonchev–Trinajstić information content (AvgIpc) is 2.70. The number of rotatable bonds is 8. The molecule has 30 heavy (non-hydrogen) atoms. The number of nitrogens with zero attached hydrogens (tertiary/aromatic N) is 1. The highest BCUT2D eigenvalue weighted by molar-refractivity contribution is 6.35. The minimum atomic E-state index is -0.838. The van der Waals surface area contributed by atoms with Crippen molar-refractivity contribution in [3.63, 3.8) is 0 Å². The Morgan fingerprint density at radius 2 is 1.77 bits per heavy atom. The van der Waals surface area contributed by atoms with Gasteiger partial charge in [0.05, 0.1) is 6.21 Å². The Morgan fingerprint density at radius 1 is 1.03 bits per heavy atom. The molecule has 2 rings (SSSR count). The van der Waals surface area contributed by atoms with Crippen LogP contribution in [0.5, 0.6) is 5.75 Å². The summed E-state index contributed by atoms with van der Waals surface area (Å²) in [6.45, 7) is 6.09. The molecule has 0 fully saturated rings. The van der Waals surface area contributed by atoms with Gasteiger partial charge in [-0.25, -0.2) is 5.43 Å². The zero-order chi connectivity index (χ0) is 21.9. The number of anilines is 1. The third-order valence-electron chi connectivity index (χ3n) is 3.85. The third kappa shape index (κ3) is 7.75. The van der Waals surface area contributed by atoms with Crippen LogP contribution in [0.2, 0.25) is 0 Å². The van der Waals surface area contributed by atoms with Crippen molar-refractivity contribution in [1.29, 1.82) is 0 Å². The van der Waals surface area contributed by atoms with E-state index in [1.807, 2.05) is 39.0 Å². The molecule has 0 bridgehead atoms. The Hall–Kier alpha value is -3.68. The van der Waals surface area contributed by atoms with Crippen molar-refractivity contribution in [3.05, 3.63) is 59.2 Å². The van der Waals surface area contributed by atoms with Crippen LogP contribution < -0.4 is 20.8 Å². The topological polar surface area (TPSA) is 109 Å². The molecular formula is C22H26N4O4. The molecule has 3 N–H and O–H groups in total. The molecule has 0 saturated carbocycles. The number of benzene rings is 2. The smallest absolute Gasteiger partial charge is 0.329 e. The van der Waals surface area contributed by atoms with E-state index >= 15 is 0 Å². The third-order valence-corrected chi connectivity index (χ3v) is 3.85. The molecular weight excluding hydrogens is 384 g/mol. The van der Waals surface area contributed by atoms with Gasteiger partial charge in [0.15, 0.2) is 6.61 Å². The summed E-state index contributed by atoms with van der Waals surface area (Å²) in [5.41, 5.74) is 5.64. The van der Waals surface area contributed by atoms with Crippen LogP contribution in [0.15, 0.2) is 47.6 Å². The van der Waals surface area contributed by atoms with Gasteiger partial charge in [0.25, 0.3) is 5.91 Å². The average molecular weight is 410 g/mol. The molecule has 0 radical (unpaired) electrons. The quantitative estimate of drug-likeness (QED) is 0.352. The highest BCUT2D eigenvalue weighted by Crippen LogP contribution is 2.15. The van der Waals surface area contributed by atoms with Gasteiger partial charge in [-0.2, -0.15) is 5.10 Å². The number of nitrogens with one attached hydrogen (secondary N) is 3. The van der Waals surface area contributed by atoms with E-state index in [-0.39, 0.29) is 12.5 Å². The SMILES string of the molecule is CCCNC(=O)C(=O)N/N=C\c1cccc(OCC(=O)Nc2cc(C)cc(C)c2)c1. The van der Waals surface area contributed by atoms with Crippen LogP contribution in [0.25, 0.3) is 0 Å². The molecule has 0 unspecified atom stereocenters. The summed E-state index contributed by atoms with van der Waals surface area (Å²) >= 11 is 0. The first-order valence-corrected chi connectivity index (χ1v) is 9.59. The molecule has 0 aliphatic carbocycles. The Morgan fingerprint density at radius 3 is 2.47 bits per heavy atom. The van der Waals surface area contributed by atoms with Crippen LogP contribution in [0.1, 0.15) is 30.0 Å². The molecule has 2 aromatic rings. The van der Waals surface area contributed by atoms with Crippen molar-refractivity contribution in [3.8, 4) is 5.75 Å². The lowest BCUT2D eigenvalue weighted by Gasteiger charge is -2.09. The summed E-state index contributed by atoms with van der Waals surface area (Å²) < 4.78 is 5.53. The Labute approximate surface area is 175 Å². The van der Waals surface area contributed by atoms with Gasteiger partial charge in [0.2, 0.25) is 0 Å². The van der Waals surface area contributed by atoms with Crippen molar-refractivity contribution in [2.45, 2.75) is 27.2 Å². The number of aryl methyl sites for hydroxylation is 2. The highest BCUT2D eigenvalue weighted by atomic mass is 16.5. The lowest BCUT2D eigenvalue weighted by molar-refractivity contribution is -0.139. The fraction of sp³-hybridized carbons (Fsp3) is 0.273. The number of amides is 3. The summed E-state index contributed by atoms with van der Waals surface area (Å²) in [6, 6.07) is 12.6. The van der Waals surface area contributed by atoms with E-state index in [0.717, 1.165) is 23.2 Å². The number of carbonyl (C=O) groups is 3. The summed E-state index contributed by atoms with van der Waals surface area (Å²) in [6.07, 6.45) is 2.12. The lowest BCUT2D eigenvalue weighted by Crippen LogP contribution is -2.38. The van der Waals surface area contributed by atoms with Crippen molar-refractivity contribution >= 4 is 29.6 Å². The number of hydrogen-bond donors (Lipinski definition) is 3. The van der Waals surface area contributed by atoms with Crippen LogP contribution in [-0.2, 0) is 14.4 Å². The zero-order valence-electron chi connectivity index (χ0n) is 17.3. The van der Waals surface area contributed by atoms with E-state index in [1.54, 1.807) is 24.3 Å². The first-order valence-electron chi connectivity index (χ1n) is 9.59. The van der Waals surface area contributed by atoms with E-state index in [9.17, 15) is 14.4 Å². The molecule has 8 heteroatoms. The molecule has 0 spiro atoms. The number of hydrogen-bond acceptors (Lipinski definition) is 5. The van der Waals surface area contributed by atoms with Gasteiger partial charge in [-0.3, -0.25) is 14.4 Å². The number of hydrazone groups is 1. The summed E-state index contributed by atoms with van der Waals surface area (Å²) in [4.78, 5) is 35.2. The van der Waals surface area contributed by atoms with Crippen molar-refractivity contribution in [2.75, 3.05) is 18.5 Å². The van der Waals surface area contributed by atoms with Gasteiger partial charge < -0.3 is 15.4 Å². The van der Waals surface area contributed by atoms with Crippen molar-refractivity contribution in [2.24, 2.45) is 5.10 Å².